The zero-order chi connectivity index (χ0) is 46.4. The molecule has 4 atom stereocenters. The number of hydrogen-bond acceptors (Lipinski definition) is 8. The second-order valence-electron chi connectivity index (χ2n) is 15.3. The van der Waals surface area contributed by atoms with Crippen molar-refractivity contribution in [2.75, 3.05) is 22.1 Å². The van der Waals surface area contributed by atoms with Gasteiger partial charge in [-0.25, -0.2) is 0 Å². The molecule has 64 heavy (non-hydrogen) atoms. The van der Waals surface area contributed by atoms with Crippen LogP contribution in [-0.4, -0.2) is 81.2 Å². The summed E-state index contributed by atoms with van der Waals surface area (Å²) in [6.45, 7) is 3.83. The number of rotatable bonds is 24. The molecule has 0 saturated heterocycles. The van der Waals surface area contributed by atoms with Crippen molar-refractivity contribution >= 4 is 59.0 Å². The molecule has 0 aliphatic rings. The number of halogens is 1. The zero-order valence-corrected chi connectivity index (χ0v) is 38.2. The first kappa shape index (κ1) is 50.0. The van der Waals surface area contributed by atoms with Crippen LogP contribution in [0.4, 0.5) is 16.2 Å². The fraction of sp³-hybridized carbons (Fsp3) is 0.319. The number of alkyl halides is 1. The van der Waals surface area contributed by atoms with Gasteiger partial charge < -0.3 is 32.1 Å². The Labute approximate surface area is 383 Å². The van der Waals surface area contributed by atoms with Crippen molar-refractivity contribution in [1.29, 1.82) is 0 Å². The second-order valence-corrected chi connectivity index (χ2v) is 17.6. The summed E-state index contributed by atoms with van der Waals surface area (Å²) < 4.78 is 1.27. The van der Waals surface area contributed by atoms with Crippen LogP contribution in [-0.2, 0) is 41.6 Å². The normalized spacial score (nSPS) is 12.9. The Morgan fingerprint density at radius 2 is 1.53 bits per heavy atom. The topological polar surface area (TPSA) is 251 Å². The van der Waals surface area contributed by atoms with Gasteiger partial charge in [0.2, 0.25) is 29.5 Å². The van der Waals surface area contributed by atoms with Crippen molar-refractivity contribution in [3.63, 3.8) is 0 Å². The molecular weight excluding hydrogens is 931 g/mol. The molecule has 0 aliphatic carbocycles. The van der Waals surface area contributed by atoms with Crippen molar-refractivity contribution in [2.45, 2.75) is 76.9 Å². The van der Waals surface area contributed by atoms with Crippen LogP contribution in [0, 0.1) is 16.4 Å². The molecular formula is C47H56IN8O8-. The number of aromatic nitrogens is 1. The first-order chi connectivity index (χ1) is 30.7. The number of hydrogen-bond donors (Lipinski definition) is 8. The van der Waals surface area contributed by atoms with Gasteiger partial charge in [-0.2, -0.15) is 0 Å². The average molecular weight is 988 g/mol. The van der Waals surface area contributed by atoms with E-state index in [-0.39, 0.29) is 65.8 Å². The molecule has 1 heterocycles. The number of benzene rings is 3. The van der Waals surface area contributed by atoms with Gasteiger partial charge in [-0.15, -0.1) is 0 Å². The first-order valence-electron chi connectivity index (χ1n) is 20.8. The van der Waals surface area contributed by atoms with Gasteiger partial charge in [-0.1, -0.05) is 43.3 Å². The van der Waals surface area contributed by atoms with E-state index >= 15 is 0 Å². The number of carbonyl (C=O) groups is 7. The van der Waals surface area contributed by atoms with Gasteiger partial charge in [-0.05, 0) is 54.9 Å². The van der Waals surface area contributed by atoms with Gasteiger partial charge in [0.15, 0.2) is 0 Å². The zero-order valence-electron chi connectivity index (χ0n) is 36.1. The number of aliphatic carboxylic acids is 1. The molecule has 7 amide bonds. The summed E-state index contributed by atoms with van der Waals surface area (Å²) in [4.78, 5) is 96.7. The number of anilines is 2. The number of carboxylic acid groups (broad SMARTS) is 1. The molecule has 0 aliphatic heterocycles. The van der Waals surface area contributed by atoms with E-state index in [1.54, 1.807) is 92.1 Å². The third-order valence-electron chi connectivity index (χ3n) is 9.95. The Kier molecular flexibility index (Phi) is 20.4. The van der Waals surface area contributed by atoms with Gasteiger partial charge in [0.1, 0.15) is 18.1 Å². The maximum absolute atomic E-state index is 14.0. The quantitative estimate of drug-likeness (QED) is 0.0217. The number of primary amides is 1. The number of pyridine rings is 1. The van der Waals surface area contributed by atoms with E-state index in [4.69, 9.17) is 5.73 Å². The van der Waals surface area contributed by atoms with E-state index in [9.17, 15) is 38.7 Å². The monoisotopic (exact) mass is 987 g/mol. The van der Waals surface area contributed by atoms with E-state index < -0.39 is 59.7 Å². The molecule has 17 heteroatoms. The van der Waals surface area contributed by atoms with Crippen molar-refractivity contribution in [2.24, 2.45) is 11.7 Å². The molecule has 16 nitrogen and oxygen atoms in total. The first-order valence-corrected chi connectivity index (χ1v) is 24.0. The predicted octanol–water partition coefficient (Wildman–Crippen LogP) is 1.15. The molecule has 340 valence electrons. The Balaban J connectivity index is 1.44. The maximum atomic E-state index is 14.0. The van der Waals surface area contributed by atoms with E-state index in [0.29, 0.717) is 29.8 Å². The number of aryl methyl sites for hydroxylation is 1. The predicted molar refractivity (Wildman–Crippen MR) is 240 cm³/mol. The molecule has 1 unspecified atom stereocenters. The molecule has 0 bridgehead atoms. The third-order valence-corrected chi connectivity index (χ3v) is 11.9. The van der Waals surface area contributed by atoms with E-state index in [2.05, 4.69) is 47.9 Å². The summed E-state index contributed by atoms with van der Waals surface area (Å²) in [6.07, 6.45) is 6.78. The van der Waals surface area contributed by atoms with E-state index in [0.717, 1.165) is 16.7 Å². The standard InChI is InChI=1S/C47H56IN8O8/c1-30(25-43(59)60)24-40(46(63)54-39(44(49)61)27-32-10-5-4-6-11-32)55-45(62)38(13-7-8-23-51-41(57)21-16-34-12-9-22-50-29-34)53-42(58)28-33-14-18-36(19-15-33)52-47(64)56-37-20-17-35(48-3)26-31(37)2/h4-6,9-12,14-22,26,29-30,38-40H,7-8,13,23-25,27-28H2,1-3H3,(H2,49,61)(H,51,57)(H,53,58)(H,54,63)(H,55,62)(H,59,60)(H2,52,56,64)/q-1/b21-16+/t30?,38-,39-,40-/m0/s1. The van der Waals surface area contributed by atoms with Crippen LogP contribution in [0.25, 0.3) is 6.08 Å². The van der Waals surface area contributed by atoms with Gasteiger partial charge in [0.05, 0.1) is 0 Å². The number of carbonyl (C=O) groups excluding carboxylic acids is 6. The molecule has 4 aromatic rings. The Morgan fingerprint density at radius 1 is 0.812 bits per heavy atom. The van der Waals surface area contributed by atoms with E-state index in [1.807, 2.05) is 19.1 Å². The summed E-state index contributed by atoms with van der Waals surface area (Å²) in [5.41, 5.74) is 9.90. The average Bonchev–Trinajstić information content (AvgIpc) is 3.26. The van der Waals surface area contributed by atoms with E-state index in [1.165, 1.54) is 9.65 Å². The van der Waals surface area contributed by atoms with Crippen molar-refractivity contribution in [3.05, 3.63) is 129 Å². The molecule has 9 N–H and O–H groups in total. The van der Waals surface area contributed by atoms with Crippen molar-refractivity contribution in [1.82, 2.24) is 26.3 Å². The fourth-order valence-electron chi connectivity index (χ4n) is 6.60. The molecule has 3 aromatic carbocycles. The molecule has 4 rings (SSSR count). The number of nitrogens with one attached hydrogen (secondary N) is 6. The van der Waals surface area contributed by atoms with Gasteiger partial charge in [-0.3, -0.25) is 33.8 Å². The van der Waals surface area contributed by atoms with Gasteiger partial charge >= 0.3 is 135 Å². The number of amides is 7. The summed E-state index contributed by atoms with van der Waals surface area (Å²) in [5.74, 6) is -4.74. The van der Waals surface area contributed by atoms with Crippen LogP contribution >= 0.6 is 0 Å². The minimum atomic E-state index is -1.29. The molecule has 0 spiro atoms. The fourth-order valence-corrected chi connectivity index (χ4v) is 7.92. The number of unbranched alkanes of at least 4 members (excludes halogenated alkanes) is 1. The van der Waals surface area contributed by atoms with Crippen LogP contribution in [0.15, 0.2) is 103 Å². The van der Waals surface area contributed by atoms with Crippen LogP contribution in [0.5, 0.6) is 0 Å². The van der Waals surface area contributed by atoms with Crippen LogP contribution in [0.3, 0.4) is 0 Å². The number of nitrogens with two attached hydrogens (primary N) is 1. The van der Waals surface area contributed by atoms with Gasteiger partial charge in [0, 0.05) is 37.9 Å². The van der Waals surface area contributed by atoms with Crippen LogP contribution < -0.4 is 58.8 Å². The summed E-state index contributed by atoms with van der Waals surface area (Å²) in [5, 5.41) is 26.0. The summed E-state index contributed by atoms with van der Waals surface area (Å²) in [6, 6.07) is 21.1. The number of urea groups is 1. The molecule has 1 aromatic heterocycles. The third kappa shape index (κ3) is 18.0. The van der Waals surface area contributed by atoms with Crippen LogP contribution in [0.1, 0.15) is 61.3 Å². The molecule has 0 radical (unpaired) electrons. The number of nitrogens with zero attached hydrogens (tertiary/aromatic N) is 1. The summed E-state index contributed by atoms with van der Waals surface area (Å²) in [7, 11) is 0. The second kappa shape index (κ2) is 26.1. The Morgan fingerprint density at radius 3 is 2.19 bits per heavy atom. The SMILES string of the molecule is C[I-]c1ccc(NC(=O)Nc2ccc(CC(=O)N[C@@H](CCCCNC(=O)/C=C/c3cccnc3)C(=O)N[C@@H](CC(C)CC(=O)O)C(=O)N[C@@H](Cc3ccccc3)C(N)=O)cc2)c(C)c1. The van der Waals surface area contributed by atoms with Crippen molar-refractivity contribution in [3.8, 4) is 0 Å². The minimum absolute atomic E-state index is 0.0752. The van der Waals surface area contributed by atoms with Crippen LogP contribution in [0.2, 0.25) is 0 Å². The Bertz CT molecular complexity index is 2240. The molecule has 0 fully saturated rings. The number of carboxylic acids is 1. The van der Waals surface area contributed by atoms with Crippen molar-refractivity contribution < 1.29 is 59.9 Å². The summed E-state index contributed by atoms with van der Waals surface area (Å²) >= 11 is -0.0752. The van der Waals surface area contributed by atoms with Gasteiger partial charge in [0.25, 0.3) is 0 Å². The Hall–Kier alpha value is -6.63. The molecule has 0 saturated carbocycles.